The van der Waals surface area contributed by atoms with E-state index < -0.39 is 6.10 Å². The Hall–Kier alpha value is -2.06. The van der Waals surface area contributed by atoms with Crippen LogP contribution < -0.4 is 4.74 Å². The van der Waals surface area contributed by atoms with Crippen molar-refractivity contribution >= 4 is 5.91 Å². The van der Waals surface area contributed by atoms with Crippen LogP contribution in [0.15, 0.2) is 24.3 Å². The Morgan fingerprint density at radius 1 is 1.65 bits per heavy atom. The maximum atomic E-state index is 12.3. The third-order valence-corrected chi connectivity index (χ3v) is 3.49. The summed E-state index contributed by atoms with van der Waals surface area (Å²) >= 11 is 0. The lowest BCUT2D eigenvalue weighted by atomic mass is 10.2. The lowest BCUT2D eigenvalue weighted by Crippen LogP contribution is -2.44. The molecule has 1 N–H and O–H groups in total. The molecule has 1 unspecified atom stereocenters. The summed E-state index contributed by atoms with van der Waals surface area (Å²) in [5, 5.41) is 18.1. The molecule has 1 aromatic carbocycles. The van der Waals surface area contributed by atoms with Crippen LogP contribution in [0.2, 0.25) is 0 Å². The van der Waals surface area contributed by atoms with E-state index >= 15 is 0 Å². The van der Waals surface area contributed by atoms with Gasteiger partial charge in [-0.2, -0.15) is 5.26 Å². The number of likely N-dealkylation sites (tertiary alicyclic amines) is 1. The smallest absolute Gasteiger partial charge is 0.263 e. The Labute approximate surface area is 118 Å². The molecule has 0 spiro atoms. The maximum absolute atomic E-state index is 12.3. The maximum Gasteiger partial charge on any atom is 0.263 e. The summed E-state index contributed by atoms with van der Waals surface area (Å²) in [4.78, 5) is 14.0. The SMILES string of the molecule is CC(Oc1cccc(C#N)c1)C(=O)N1CCC[C@@H]1CO. The molecule has 5 heteroatoms. The van der Waals surface area contributed by atoms with Crippen molar-refractivity contribution in [2.45, 2.75) is 31.9 Å². The zero-order valence-corrected chi connectivity index (χ0v) is 11.5. The van der Waals surface area contributed by atoms with Gasteiger partial charge in [0.05, 0.1) is 24.3 Å². The molecule has 1 amide bonds. The number of ether oxygens (including phenoxy) is 1. The third-order valence-electron chi connectivity index (χ3n) is 3.49. The molecule has 106 valence electrons. The highest BCUT2D eigenvalue weighted by molar-refractivity contribution is 5.81. The molecule has 0 radical (unpaired) electrons. The largest absolute Gasteiger partial charge is 0.481 e. The van der Waals surface area contributed by atoms with Gasteiger partial charge in [-0.05, 0) is 38.0 Å². The van der Waals surface area contributed by atoms with E-state index in [0.717, 1.165) is 12.8 Å². The molecule has 0 aliphatic carbocycles. The fraction of sp³-hybridized carbons (Fsp3) is 0.467. The number of aliphatic hydroxyl groups is 1. The van der Waals surface area contributed by atoms with E-state index in [1.807, 2.05) is 6.07 Å². The number of carbonyl (C=O) groups is 1. The van der Waals surface area contributed by atoms with E-state index in [4.69, 9.17) is 10.00 Å². The molecule has 20 heavy (non-hydrogen) atoms. The predicted molar refractivity (Wildman–Crippen MR) is 73.1 cm³/mol. The fourth-order valence-corrected chi connectivity index (χ4v) is 2.44. The van der Waals surface area contributed by atoms with Crippen LogP contribution in [0.5, 0.6) is 5.75 Å². The second-order valence-electron chi connectivity index (χ2n) is 4.91. The molecule has 1 aromatic rings. The monoisotopic (exact) mass is 274 g/mol. The van der Waals surface area contributed by atoms with Crippen molar-refractivity contribution in [3.63, 3.8) is 0 Å². The van der Waals surface area contributed by atoms with Gasteiger partial charge in [0.25, 0.3) is 5.91 Å². The van der Waals surface area contributed by atoms with E-state index in [1.165, 1.54) is 0 Å². The molecule has 1 heterocycles. The van der Waals surface area contributed by atoms with E-state index in [9.17, 15) is 9.90 Å². The summed E-state index contributed by atoms with van der Waals surface area (Å²) in [5.74, 6) is 0.383. The van der Waals surface area contributed by atoms with Crippen molar-refractivity contribution < 1.29 is 14.6 Å². The molecule has 2 rings (SSSR count). The summed E-state index contributed by atoms with van der Waals surface area (Å²) in [6.45, 7) is 2.34. The molecule has 0 aromatic heterocycles. The minimum Gasteiger partial charge on any atom is -0.481 e. The summed E-state index contributed by atoms with van der Waals surface area (Å²) in [6.07, 6.45) is 1.11. The Balaban J connectivity index is 2.02. The molecular weight excluding hydrogens is 256 g/mol. The zero-order chi connectivity index (χ0) is 14.5. The van der Waals surface area contributed by atoms with Crippen LogP contribution >= 0.6 is 0 Å². The highest BCUT2D eigenvalue weighted by Crippen LogP contribution is 2.20. The van der Waals surface area contributed by atoms with Crippen LogP contribution in [0, 0.1) is 11.3 Å². The zero-order valence-electron chi connectivity index (χ0n) is 11.5. The molecular formula is C15H18N2O3. The van der Waals surface area contributed by atoms with Crippen LogP contribution in [0.4, 0.5) is 0 Å². The number of nitrogens with zero attached hydrogens (tertiary/aromatic N) is 2. The average Bonchev–Trinajstić information content (AvgIpc) is 2.95. The number of amides is 1. The first-order valence-corrected chi connectivity index (χ1v) is 6.74. The lowest BCUT2D eigenvalue weighted by Gasteiger charge is -2.26. The first kappa shape index (κ1) is 14.4. The fourth-order valence-electron chi connectivity index (χ4n) is 2.44. The highest BCUT2D eigenvalue weighted by atomic mass is 16.5. The van der Waals surface area contributed by atoms with Gasteiger partial charge in [0.15, 0.2) is 6.10 Å². The molecule has 0 saturated carbocycles. The number of nitriles is 1. The van der Waals surface area contributed by atoms with Gasteiger partial charge in [-0.25, -0.2) is 0 Å². The van der Waals surface area contributed by atoms with E-state index in [1.54, 1.807) is 36.1 Å². The molecule has 0 bridgehead atoms. The van der Waals surface area contributed by atoms with E-state index in [-0.39, 0.29) is 18.6 Å². The van der Waals surface area contributed by atoms with Crippen molar-refractivity contribution in [2.24, 2.45) is 0 Å². The van der Waals surface area contributed by atoms with Gasteiger partial charge in [0, 0.05) is 6.54 Å². The number of hydrogen-bond acceptors (Lipinski definition) is 4. The van der Waals surface area contributed by atoms with Gasteiger partial charge < -0.3 is 14.7 Å². The van der Waals surface area contributed by atoms with Gasteiger partial charge in [0.2, 0.25) is 0 Å². The molecule has 1 saturated heterocycles. The van der Waals surface area contributed by atoms with Gasteiger partial charge in [-0.1, -0.05) is 6.07 Å². The number of rotatable bonds is 4. The van der Waals surface area contributed by atoms with Crippen LogP contribution in [-0.2, 0) is 4.79 Å². The number of aliphatic hydroxyl groups excluding tert-OH is 1. The molecule has 1 aliphatic heterocycles. The minimum absolute atomic E-state index is 0.0115. The van der Waals surface area contributed by atoms with Crippen LogP contribution in [0.25, 0.3) is 0 Å². The first-order chi connectivity index (χ1) is 9.65. The van der Waals surface area contributed by atoms with Crippen molar-refractivity contribution in [1.82, 2.24) is 4.90 Å². The topological polar surface area (TPSA) is 73.6 Å². The quantitative estimate of drug-likeness (QED) is 0.898. The third kappa shape index (κ3) is 3.09. The average molecular weight is 274 g/mol. The van der Waals surface area contributed by atoms with Gasteiger partial charge in [-0.15, -0.1) is 0 Å². The standard InChI is InChI=1S/C15H18N2O3/c1-11(15(19)17-7-3-5-13(17)10-18)20-14-6-2-4-12(8-14)9-16/h2,4,6,8,11,13,18H,3,5,7,10H2,1H3/t11?,13-/m1/s1. The number of hydrogen-bond donors (Lipinski definition) is 1. The first-order valence-electron chi connectivity index (χ1n) is 6.74. The van der Waals surface area contributed by atoms with Crippen molar-refractivity contribution in [3.05, 3.63) is 29.8 Å². The summed E-state index contributed by atoms with van der Waals surface area (Å²) in [6, 6.07) is 8.67. The van der Waals surface area contributed by atoms with Crippen molar-refractivity contribution in [1.29, 1.82) is 5.26 Å². The summed E-state index contributed by atoms with van der Waals surface area (Å²) in [7, 11) is 0. The Morgan fingerprint density at radius 3 is 3.15 bits per heavy atom. The van der Waals surface area contributed by atoms with Crippen LogP contribution in [-0.4, -0.2) is 41.2 Å². The Bertz CT molecular complexity index is 524. The summed E-state index contributed by atoms with van der Waals surface area (Å²) in [5.41, 5.74) is 0.497. The molecule has 1 aliphatic rings. The Morgan fingerprint density at radius 2 is 2.45 bits per heavy atom. The molecule has 5 nitrogen and oxygen atoms in total. The molecule has 1 fully saturated rings. The van der Waals surface area contributed by atoms with Gasteiger partial charge >= 0.3 is 0 Å². The highest BCUT2D eigenvalue weighted by Gasteiger charge is 2.31. The second kappa shape index (κ2) is 6.40. The van der Waals surface area contributed by atoms with Crippen LogP contribution in [0.1, 0.15) is 25.3 Å². The van der Waals surface area contributed by atoms with Crippen molar-refractivity contribution in [2.75, 3.05) is 13.2 Å². The van der Waals surface area contributed by atoms with Gasteiger partial charge in [-0.3, -0.25) is 4.79 Å². The minimum atomic E-state index is -0.629. The van der Waals surface area contributed by atoms with E-state index in [0.29, 0.717) is 17.9 Å². The number of benzene rings is 1. The number of carbonyl (C=O) groups excluding carboxylic acids is 1. The molecule has 2 atom stereocenters. The second-order valence-corrected chi connectivity index (χ2v) is 4.91. The van der Waals surface area contributed by atoms with Crippen molar-refractivity contribution in [3.8, 4) is 11.8 Å². The normalized spacial score (nSPS) is 19.4. The predicted octanol–water partition coefficient (Wildman–Crippen LogP) is 1.31. The Kier molecular flexibility index (Phi) is 4.59. The summed E-state index contributed by atoms with van der Waals surface area (Å²) < 4.78 is 5.60. The van der Waals surface area contributed by atoms with Gasteiger partial charge in [0.1, 0.15) is 5.75 Å². The van der Waals surface area contributed by atoms with Crippen LogP contribution in [0.3, 0.4) is 0 Å². The van der Waals surface area contributed by atoms with E-state index in [2.05, 4.69) is 0 Å². The lowest BCUT2D eigenvalue weighted by molar-refractivity contribution is -0.139.